The minimum Gasteiger partial charge on any atom is -0.457 e. The average molecular weight is 385 g/mol. The van der Waals surface area contributed by atoms with Gasteiger partial charge in [-0.1, -0.05) is 5.21 Å². The van der Waals surface area contributed by atoms with Crippen molar-refractivity contribution in [3.63, 3.8) is 0 Å². The predicted octanol–water partition coefficient (Wildman–Crippen LogP) is 3.82. The first-order chi connectivity index (χ1) is 12.7. The molecule has 0 saturated heterocycles. The quantitative estimate of drug-likeness (QED) is 0.604. The van der Waals surface area contributed by atoms with E-state index in [0.29, 0.717) is 5.69 Å². The molecule has 0 N–H and O–H groups in total. The summed E-state index contributed by atoms with van der Waals surface area (Å²) >= 11 is 0. The zero-order chi connectivity index (χ0) is 19.6. The number of benzene rings is 1. The molecule has 0 amide bonds. The minimum atomic E-state index is -3.06. The van der Waals surface area contributed by atoms with Gasteiger partial charge in [0.1, 0.15) is 18.1 Å². The van der Waals surface area contributed by atoms with Crippen LogP contribution in [0.1, 0.15) is 30.2 Å². The van der Waals surface area contributed by atoms with Crippen LogP contribution in [0.3, 0.4) is 0 Å². The lowest BCUT2D eigenvalue weighted by Gasteiger charge is -2.09. The molecular weight excluding hydrogens is 373 g/mol. The van der Waals surface area contributed by atoms with Crippen LogP contribution in [0.5, 0.6) is 6.01 Å². The Morgan fingerprint density at radius 2 is 1.89 bits per heavy atom. The first-order valence-corrected chi connectivity index (χ1v) is 7.56. The van der Waals surface area contributed by atoms with Gasteiger partial charge >= 0.3 is 6.01 Å². The number of ether oxygens (including phenoxy) is 1. The SMILES string of the molecule is CC(F)(F)c1cnc(OCc2cn(-c3ccc(F)c(C(F)F)c3)nn2)nc1. The number of hydrogen-bond acceptors (Lipinski definition) is 5. The van der Waals surface area contributed by atoms with E-state index in [-0.39, 0.29) is 23.9 Å². The van der Waals surface area contributed by atoms with Crippen LogP contribution in [0.2, 0.25) is 0 Å². The van der Waals surface area contributed by atoms with Gasteiger partial charge in [-0.05, 0) is 18.2 Å². The first kappa shape index (κ1) is 18.7. The molecule has 0 fully saturated rings. The second kappa shape index (κ2) is 7.25. The van der Waals surface area contributed by atoms with E-state index >= 15 is 0 Å². The van der Waals surface area contributed by atoms with Crippen LogP contribution >= 0.6 is 0 Å². The summed E-state index contributed by atoms with van der Waals surface area (Å²) in [6, 6.07) is 3.01. The normalized spacial score (nSPS) is 11.8. The van der Waals surface area contributed by atoms with E-state index in [0.717, 1.165) is 31.5 Å². The Morgan fingerprint density at radius 3 is 2.52 bits per heavy atom. The maximum absolute atomic E-state index is 13.3. The third kappa shape index (κ3) is 4.36. The maximum Gasteiger partial charge on any atom is 0.316 e. The Balaban J connectivity index is 1.69. The van der Waals surface area contributed by atoms with Gasteiger partial charge in [-0.25, -0.2) is 36.6 Å². The van der Waals surface area contributed by atoms with E-state index in [1.165, 1.54) is 16.9 Å². The van der Waals surface area contributed by atoms with Crippen molar-refractivity contribution in [2.24, 2.45) is 0 Å². The van der Waals surface area contributed by atoms with E-state index in [1.54, 1.807) is 0 Å². The highest BCUT2D eigenvalue weighted by Gasteiger charge is 2.25. The second-order valence-corrected chi connectivity index (χ2v) is 5.59. The molecule has 0 spiro atoms. The highest BCUT2D eigenvalue weighted by molar-refractivity contribution is 5.36. The molecule has 0 atom stereocenters. The fraction of sp³-hybridized carbons (Fsp3) is 0.250. The molecule has 0 unspecified atom stereocenters. The van der Waals surface area contributed by atoms with E-state index < -0.39 is 23.7 Å². The summed E-state index contributed by atoms with van der Waals surface area (Å²) in [6.45, 7) is 0.587. The summed E-state index contributed by atoms with van der Waals surface area (Å²) in [4.78, 5) is 7.35. The molecule has 2 heterocycles. The highest BCUT2D eigenvalue weighted by atomic mass is 19.3. The number of alkyl halides is 4. The summed E-state index contributed by atoms with van der Waals surface area (Å²) in [6.07, 6.45) is 0.316. The van der Waals surface area contributed by atoms with Crippen molar-refractivity contribution < 1.29 is 26.7 Å². The topological polar surface area (TPSA) is 65.7 Å². The van der Waals surface area contributed by atoms with Crippen LogP contribution in [0.4, 0.5) is 22.0 Å². The molecule has 0 aliphatic carbocycles. The first-order valence-electron chi connectivity index (χ1n) is 7.56. The lowest BCUT2D eigenvalue weighted by molar-refractivity contribution is 0.0165. The highest BCUT2D eigenvalue weighted by Crippen LogP contribution is 2.26. The molecule has 0 aliphatic heterocycles. The summed E-state index contributed by atoms with van der Waals surface area (Å²) in [7, 11) is 0. The fourth-order valence-corrected chi connectivity index (χ4v) is 2.09. The minimum absolute atomic E-state index is 0.134. The molecule has 6 nitrogen and oxygen atoms in total. The Labute approximate surface area is 149 Å². The molecule has 1 aromatic carbocycles. The van der Waals surface area contributed by atoms with E-state index in [1.807, 2.05) is 0 Å². The zero-order valence-corrected chi connectivity index (χ0v) is 13.8. The van der Waals surface area contributed by atoms with Crippen molar-refractivity contribution in [1.82, 2.24) is 25.0 Å². The van der Waals surface area contributed by atoms with Gasteiger partial charge in [0.15, 0.2) is 0 Å². The third-order valence-corrected chi connectivity index (χ3v) is 3.50. The molecule has 0 saturated carbocycles. The van der Waals surface area contributed by atoms with Crippen LogP contribution in [0.25, 0.3) is 5.69 Å². The monoisotopic (exact) mass is 385 g/mol. The molecule has 0 radical (unpaired) electrons. The number of halogens is 5. The van der Waals surface area contributed by atoms with Crippen LogP contribution in [0.15, 0.2) is 36.8 Å². The zero-order valence-electron chi connectivity index (χ0n) is 13.8. The summed E-state index contributed by atoms with van der Waals surface area (Å²) in [5.41, 5.74) is -0.614. The average Bonchev–Trinajstić information content (AvgIpc) is 3.09. The van der Waals surface area contributed by atoms with Crippen molar-refractivity contribution in [2.75, 3.05) is 0 Å². The van der Waals surface area contributed by atoms with Crippen molar-refractivity contribution in [3.8, 4) is 11.7 Å². The van der Waals surface area contributed by atoms with Gasteiger partial charge in [-0.2, -0.15) is 0 Å². The Hall–Kier alpha value is -3.11. The molecular formula is C16H12F5N5O. The molecule has 0 bridgehead atoms. The smallest absolute Gasteiger partial charge is 0.316 e. The van der Waals surface area contributed by atoms with Gasteiger partial charge < -0.3 is 4.74 Å². The van der Waals surface area contributed by atoms with E-state index in [2.05, 4.69) is 20.3 Å². The van der Waals surface area contributed by atoms with Gasteiger partial charge in [-0.15, -0.1) is 5.10 Å². The molecule has 27 heavy (non-hydrogen) atoms. The van der Waals surface area contributed by atoms with Crippen molar-refractivity contribution >= 4 is 0 Å². The predicted molar refractivity (Wildman–Crippen MR) is 82.2 cm³/mol. The Kier molecular flexibility index (Phi) is 5.02. The number of hydrogen-bond donors (Lipinski definition) is 0. The van der Waals surface area contributed by atoms with Gasteiger partial charge in [-0.3, -0.25) is 0 Å². The third-order valence-electron chi connectivity index (χ3n) is 3.50. The van der Waals surface area contributed by atoms with Crippen LogP contribution in [-0.4, -0.2) is 25.0 Å². The fourth-order valence-electron chi connectivity index (χ4n) is 2.09. The summed E-state index contributed by atoms with van der Waals surface area (Å²) in [5.74, 6) is -4.08. The summed E-state index contributed by atoms with van der Waals surface area (Å²) in [5, 5.41) is 7.55. The second-order valence-electron chi connectivity index (χ2n) is 5.59. The van der Waals surface area contributed by atoms with Crippen molar-refractivity contribution in [1.29, 1.82) is 0 Å². The van der Waals surface area contributed by atoms with Crippen LogP contribution in [-0.2, 0) is 12.5 Å². The van der Waals surface area contributed by atoms with Gasteiger partial charge in [0.2, 0.25) is 0 Å². The van der Waals surface area contributed by atoms with Crippen molar-refractivity contribution in [3.05, 3.63) is 59.4 Å². The van der Waals surface area contributed by atoms with Crippen LogP contribution < -0.4 is 4.74 Å². The molecule has 2 aromatic heterocycles. The lowest BCUT2D eigenvalue weighted by Crippen LogP contribution is -2.09. The molecule has 3 aromatic rings. The van der Waals surface area contributed by atoms with E-state index in [4.69, 9.17) is 4.74 Å². The van der Waals surface area contributed by atoms with Gasteiger partial charge in [0, 0.05) is 19.3 Å². The van der Waals surface area contributed by atoms with Gasteiger partial charge in [0.25, 0.3) is 12.3 Å². The molecule has 3 rings (SSSR count). The van der Waals surface area contributed by atoms with E-state index in [9.17, 15) is 22.0 Å². The Bertz CT molecular complexity index is 924. The van der Waals surface area contributed by atoms with Crippen molar-refractivity contribution in [2.45, 2.75) is 25.9 Å². The molecule has 142 valence electrons. The Morgan fingerprint density at radius 1 is 1.19 bits per heavy atom. The standard InChI is InChI=1S/C16H12F5N5O/c1-16(20,21)9-5-22-15(23-6-9)27-8-10-7-26(25-24-10)11-2-3-13(17)12(4-11)14(18)19/h2-7,14H,8H2,1H3. The maximum atomic E-state index is 13.3. The summed E-state index contributed by atoms with van der Waals surface area (Å²) < 4.78 is 71.5. The van der Waals surface area contributed by atoms with Crippen LogP contribution in [0, 0.1) is 5.82 Å². The number of rotatable bonds is 6. The van der Waals surface area contributed by atoms with Gasteiger partial charge in [0.05, 0.1) is 23.0 Å². The number of nitrogens with zero attached hydrogens (tertiary/aromatic N) is 5. The molecule has 0 aliphatic rings. The molecule has 11 heteroatoms. The number of aromatic nitrogens is 5. The largest absolute Gasteiger partial charge is 0.457 e. The lowest BCUT2D eigenvalue weighted by atomic mass is 10.2.